The van der Waals surface area contributed by atoms with Crippen LogP contribution in [0, 0.1) is 5.92 Å². The number of ketones is 1. The van der Waals surface area contributed by atoms with E-state index in [9.17, 15) is 4.79 Å². The van der Waals surface area contributed by atoms with Crippen molar-refractivity contribution in [3.63, 3.8) is 0 Å². The zero-order valence-corrected chi connectivity index (χ0v) is 11.0. The standard InChI is InChI=1S/C17H22O/c18-17-13-5-11-16(12-6-14-17)10-4-9-15-7-2-1-3-8-15/h1-3,5,7-8,13,16H,4,6,9-12,14H2. The van der Waals surface area contributed by atoms with Crippen LogP contribution in [0.15, 0.2) is 42.5 Å². The molecule has 1 nitrogen and oxygen atoms in total. The second-order valence-corrected chi connectivity index (χ2v) is 5.24. The molecule has 1 atom stereocenters. The molecule has 1 aromatic carbocycles. The summed E-state index contributed by atoms with van der Waals surface area (Å²) >= 11 is 0. The van der Waals surface area contributed by atoms with Crippen LogP contribution in [-0.4, -0.2) is 5.78 Å². The summed E-state index contributed by atoms with van der Waals surface area (Å²) in [4.78, 5) is 11.3. The van der Waals surface area contributed by atoms with Gasteiger partial charge in [-0.3, -0.25) is 4.79 Å². The first kappa shape index (κ1) is 13.1. The van der Waals surface area contributed by atoms with E-state index in [-0.39, 0.29) is 0 Å². The highest BCUT2D eigenvalue weighted by Crippen LogP contribution is 2.22. The minimum absolute atomic E-state index is 0.303. The average molecular weight is 242 g/mol. The maximum atomic E-state index is 11.3. The molecule has 1 unspecified atom stereocenters. The number of benzene rings is 1. The SMILES string of the molecule is O=C1C=CCC(CCCc2ccccc2)CCC1. The Kier molecular flexibility index (Phi) is 5.19. The second kappa shape index (κ2) is 7.15. The van der Waals surface area contributed by atoms with Crippen molar-refractivity contribution in [1.82, 2.24) is 0 Å². The second-order valence-electron chi connectivity index (χ2n) is 5.24. The van der Waals surface area contributed by atoms with Crippen LogP contribution >= 0.6 is 0 Å². The Morgan fingerprint density at radius 3 is 2.83 bits per heavy atom. The highest BCUT2D eigenvalue weighted by Gasteiger charge is 2.10. The number of hydrogen-bond donors (Lipinski definition) is 0. The van der Waals surface area contributed by atoms with Gasteiger partial charge in [0, 0.05) is 6.42 Å². The minimum Gasteiger partial charge on any atom is -0.295 e. The third-order valence-corrected chi connectivity index (χ3v) is 3.73. The Labute approximate surface area is 110 Å². The Morgan fingerprint density at radius 2 is 2.00 bits per heavy atom. The van der Waals surface area contributed by atoms with Crippen molar-refractivity contribution >= 4 is 5.78 Å². The lowest BCUT2D eigenvalue weighted by Crippen LogP contribution is -2.05. The first-order valence-electron chi connectivity index (χ1n) is 7.08. The van der Waals surface area contributed by atoms with Crippen molar-refractivity contribution in [3.05, 3.63) is 48.0 Å². The molecule has 0 amide bonds. The summed E-state index contributed by atoms with van der Waals surface area (Å²) < 4.78 is 0. The molecular formula is C17H22O. The Balaban J connectivity index is 1.73. The fraction of sp³-hybridized carbons (Fsp3) is 0.471. The van der Waals surface area contributed by atoms with Gasteiger partial charge in [-0.05, 0) is 56.1 Å². The molecule has 1 aliphatic carbocycles. The van der Waals surface area contributed by atoms with Crippen molar-refractivity contribution in [2.75, 3.05) is 0 Å². The molecule has 0 N–H and O–H groups in total. The molecule has 1 aliphatic rings. The van der Waals surface area contributed by atoms with Crippen LogP contribution in [0.2, 0.25) is 0 Å². The average Bonchev–Trinajstić information content (AvgIpc) is 2.37. The zero-order chi connectivity index (χ0) is 12.6. The maximum Gasteiger partial charge on any atom is 0.155 e. The van der Waals surface area contributed by atoms with Crippen molar-refractivity contribution in [2.24, 2.45) is 5.92 Å². The van der Waals surface area contributed by atoms with Gasteiger partial charge in [0.05, 0.1) is 0 Å². The number of aryl methyl sites for hydroxylation is 1. The van der Waals surface area contributed by atoms with Gasteiger partial charge in [0.25, 0.3) is 0 Å². The van der Waals surface area contributed by atoms with Gasteiger partial charge in [0.15, 0.2) is 5.78 Å². The molecule has 0 aliphatic heterocycles. The fourth-order valence-corrected chi connectivity index (χ4v) is 2.66. The van der Waals surface area contributed by atoms with Crippen LogP contribution in [0.1, 0.15) is 44.1 Å². The van der Waals surface area contributed by atoms with Crippen molar-refractivity contribution in [3.8, 4) is 0 Å². The molecule has 1 aromatic rings. The Bertz CT molecular complexity index is 391. The lowest BCUT2D eigenvalue weighted by atomic mass is 9.89. The van der Waals surface area contributed by atoms with Crippen LogP contribution in [0.25, 0.3) is 0 Å². The maximum absolute atomic E-state index is 11.3. The van der Waals surface area contributed by atoms with E-state index in [2.05, 4.69) is 36.4 Å². The van der Waals surface area contributed by atoms with E-state index in [4.69, 9.17) is 0 Å². The van der Waals surface area contributed by atoms with E-state index in [0.29, 0.717) is 5.78 Å². The molecule has 0 fully saturated rings. The predicted octanol–water partition coefficient (Wildman–Crippen LogP) is 4.32. The van der Waals surface area contributed by atoms with E-state index in [1.807, 2.05) is 0 Å². The molecule has 0 saturated carbocycles. The van der Waals surface area contributed by atoms with E-state index in [0.717, 1.165) is 25.2 Å². The van der Waals surface area contributed by atoms with Crippen molar-refractivity contribution in [1.29, 1.82) is 0 Å². The first-order valence-corrected chi connectivity index (χ1v) is 7.08. The molecule has 0 radical (unpaired) electrons. The van der Waals surface area contributed by atoms with Gasteiger partial charge in [-0.15, -0.1) is 0 Å². The number of rotatable bonds is 4. The summed E-state index contributed by atoms with van der Waals surface area (Å²) in [6, 6.07) is 10.7. The fourth-order valence-electron chi connectivity index (χ4n) is 2.66. The smallest absolute Gasteiger partial charge is 0.155 e. The van der Waals surface area contributed by atoms with Gasteiger partial charge in [-0.1, -0.05) is 36.4 Å². The van der Waals surface area contributed by atoms with Crippen LogP contribution in [-0.2, 0) is 11.2 Å². The molecule has 1 heteroatoms. The third kappa shape index (κ3) is 4.48. The normalized spacial score (nSPS) is 20.4. The minimum atomic E-state index is 0.303. The molecule has 0 aromatic heterocycles. The monoisotopic (exact) mass is 242 g/mol. The summed E-state index contributed by atoms with van der Waals surface area (Å²) in [5, 5.41) is 0. The lowest BCUT2D eigenvalue weighted by molar-refractivity contribution is -0.114. The Morgan fingerprint density at radius 1 is 1.17 bits per heavy atom. The van der Waals surface area contributed by atoms with E-state index in [1.165, 1.54) is 31.2 Å². The number of carbonyl (C=O) groups is 1. The van der Waals surface area contributed by atoms with Crippen LogP contribution < -0.4 is 0 Å². The summed E-state index contributed by atoms with van der Waals surface area (Å²) in [5.41, 5.74) is 1.44. The van der Waals surface area contributed by atoms with Crippen molar-refractivity contribution in [2.45, 2.75) is 44.9 Å². The number of allylic oxidation sites excluding steroid dienone is 2. The lowest BCUT2D eigenvalue weighted by Gasteiger charge is -2.16. The molecule has 18 heavy (non-hydrogen) atoms. The molecular weight excluding hydrogens is 220 g/mol. The van der Waals surface area contributed by atoms with Crippen LogP contribution in [0.4, 0.5) is 0 Å². The highest BCUT2D eigenvalue weighted by atomic mass is 16.1. The third-order valence-electron chi connectivity index (χ3n) is 3.73. The molecule has 2 rings (SSSR count). The molecule has 0 spiro atoms. The van der Waals surface area contributed by atoms with Gasteiger partial charge >= 0.3 is 0 Å². The Hall–Kier alpha value is -1.37. The first-order chi connectivity index (χ1) is 8.84. The number of carbonyl (C=O) groups excluding carboxylic acids is 1. The molecule has 0 saturated heterocycles. The van der Waals surface area contributed by atoms with Gasteiger partial charge in [0.1, 0.15) is 0 Å². The summed E-state index contributed by atoms with van der Waals surface area (Å²) in [7, 11) is 0. The van der Waals surface area contributed by atoms with Gasteiger partial charge in [-0.2, -0.15) is 0 Å². The van der Waals surface area contributed by atoms with E-state index < -0.39 is 0 Å². The largest absolute Gasteiger partial charge is 0.295 e. The summed E-state index contributed by atoms with van der Waals surface area (Å²) in [5.74, 6) is 1.08. The number of hydrogen-bond acceptors (Lipinski definition) is 1. The summed E-state index contributed by atoms with van der Waals surface area (Å²) in [6.07, 6.45) is 11.7. The van der Waals surface area contributed by atoms with Gasteiger partial charge in [0.2, 0.25) is 0 Å². The predicted molar refractivity (Wildman–Crippen MR) is 75.5 cm³/mol. The van der Waals surface area contributed by atoms with Gasteiger partial charge in [-0.25, -0.2) is 0 Å². The molecule has 0 heterocycles. The van der Waals surface area contributed by atoms with E-state index in [1.54, 1.807) is 6.08 Å². The van der Waals surface area contributed by atoms with Gasteiger partial charge < -0.3 is 0 Å². The summed E-state index contributed by atoms with van der Waals surface area (Å²) in [6.45, 7) is 0. The van der Waals surface area contributed by atoms with Crippen LogP contribution in [0.3, 0.4) is 0 Å². The van der Waals surface area contributed by atoms with E-state index >= 15 is 0 Å². The topological polar surface area (TPSA) is 17.1 Å². The highest BCUT2D eigenvalue weighted by molar-refractivity contribution is 5.89. The molecule has 0 bridgehead atoms. The zero-order valence-electron chi connectivity index (χ0n) is 11.0. The quantitative estimate of drug-likeness (QED) is 0.768. The molecule has 96 valence electrons. The van der Waals surface area contributed by atoms with Crippen LogP contribution in [0.5, 0.6) is 0 Å². The van der Waals surface area contributed by atoms with Crippen molar-refractivity contribution < 1.29 is 4.79 Å².